The Morgan fingerprint density at radius 2 is 2.14 bits per heavy atom. The largest absolute Gasteiger partial charge is 0.502 e. The number of nitro benzene ring substituents is 1. The van der Waals surface area contributed by atoms with Gasteiger partial charge >= 0.3 is 5.69 Å². The molecule has 9 nitrogen and oxygen atoms in total. The number of benzene rings is 1. The molecule has 0 aliphatic heterocycles. The molecule has 0 bridgehead atoms. The van der Waals surface area contributed by atoms with Gasteiger partial charge in [-0.05, 0) is 19.1 Å². The van der Waals surface area contributed by atoms with Crippen molar-refractivity contribution in [2.24, 2.45) is 0 Å². The minimum Gasteiger partial charge on any atom is -0.502 e. The number of aromatic hydroxyl groups is 1. The molecule has 2 rings (SSSR count). The fourth-order valence-electron chi connectivity index (χ4n) is 1.57. The lowest BCUT2D eigenvalue weighted by molar-refractivity contribution is -0.386. The molecule has 0 aliphatic rings. The first-order valence-electron chi connectivity index (χ1n) is 5.69. The van der Waals surface area contributed by atoms with Crippen molar-refractivity contribution >= 4 is 15.7 Å². The summed E-state index contributed by atoms with van der Waals surface area (Å²) in [5.41, 5.74) is -0.0853. The first-order valence-corrected chi connectivity index (χ1v) is 7.17. The monoisotopic (exact) mass is 313 g/mol. The van der Waals surface area contributed by atoms with Crippen molar-refractivity contribution in [1.29, 1.82) is 0 Å². The molecule has 1 heterocycles. The summed E-state index contributed by atoms with van der Waals surface area (Å²) in [4.78, 5) is 9.49. The molecular weight excluding hydrogens is 302 g/mol. The van der Waals surface area contributed by atoms with Gasteiger partial charge in [0, 0.05) is 12.1 Å². The third-order valence-corrected chi connectivity index (χ3v) is 3.97. The van der Waals surface area contributed by atoms with Gasteiger partial charge in [0.25, 0.3) is 0 Å². The van der Waals surface area contributed by atoms with Crippen molar-refractivity contribution in [3.05, 3.63) is 45.8 Å². The van der Waals surface area contributed by atoms with E-state index in [0.29, 0.717) is 11.5 Å². The first kappa shape index (κ1) is 14.9. The summed E-state index contributed by atoms with van der Waals surface area (Å²) >= 11 is 0. The molecule has 0 atom stereocenters. The highest BCUT2D eigenvalue weighted by Gasteiger charge is 2.21. The van der Waals surface area contributed by atoms with Crippen LogP contribution in [0.4, 0.5) is 5.69 Å². The highest BCUT2D eigenvalue weighted by atomic mass is 32.2. The summed E-state index contributed by atoms with van der Waals surface area (Å²) in [6.45, 7) is 1.54. The second-order valence-electron chi connectivity index (χ2n) is 4.17. The Balaban J connectivity index is 2.23. The molecular formula is C11H11N3O6S. The van der Waals surface area contributed by atoms with Crippen LogP contribution in [0.1, 0.15) is 11.5 Å². The maximum Gasteiger partial charge on any atom is 0.312 e. The maximum atomic E-state index is 12.0. The normalized spacial score (nSPS) is 11.5. The Morgan fingerprint density at radius 1 is 1.43 bits per heavy atom. The Bertz CT molecular complexity index is 783. The van der Waals surface area contributed by atoms with Gasteiger partial charge in [-0.25, -0.2) is 13.1 Å². The lowest BCUT2D eigenvalue weighted by atomic mass is 10.3. The number of hydrogen-bond acceptors (Lipinski definition) is 7. The third-order valence-electron chi connectivity index (χ3n) is 2.57. The van der Waals surface area contributed by atoms with Crippen LogP contribution in [0.3, 0.4) is 0 Å². The van der Waals surface area contributed by atoms with Crippen LogP contribution < -0.4 is 4.72 Å². The van der Waals surface area contributed by atoms with Crippen LogP contribution in [0.15, 0.2) is 33.7 Å². The molecule has 0 unspecified atom stereocenters. The van der Waals surface area contributed by atoms with E-state index < -0.39 is 26.4 Å². The van der Waals surface area contributed by atoms with E-state index in [-0.39, 0.29) is 11.4 Å². The smallest absolute Gasteiger partial charge is 0.312 e. The highest BCUT2D eigenvalue weighted by molar-refractivity contribution is 7.89. The SMILES string of the molecule is Cc1cc(CNS(=O)(=O)c2ccc(O)c([N+](=O)[O-])c2)on1. The molecule has 2 N–H and O–H groups in total. The van der Waals surface area contributed by atoms with Gasteiger partial charge in [0.2, 0.25) is 10.0 Å². The van der Waals surface area contributed by atoms with E-state index in [1.54, 1.807) is 13.0 Å². The predicted molar refractivity (Wildman–Crippen MR) is 70.0 cm³/mol. The van der Waals surface area contributed by atoms with Crippen molar-refractivity contribution < 1.29 is 23.0 Å². The minimum absolute atomic E-state index is 0.141. The highest BCUT2D eigenvalue weighted by Crippen LogP contribution is 2.28. The van der Waals surface area contributed by atoms with E-state index in [1.165, 1.54) is 0 Å². The summed E-state index contributed by atoms with van der Waals surface area (Å²) in [5, 5.41) is 23.6. The van der Waals surface area contributed by atoms with Gasteiger partial charge in [0.15, 0.2) is 11.5 Å². The van der Waals surface area contributed by atoms with E-state index in [9.17, 15) is 23.6 Å². The number of hydrogen-bond donors (Lipinski definition) is 2. The topological polar surface area (TPSA) is 136 Å². The van der Waals surface area contributed by atoms with E-state index in [0.717, 1.165) is 18.2 Å². The minimum atomic E-state index is -3.98. The van der Waals surface area contributed by atoms with Gasteiger partial charge in [0.05, 0.1) is 22.1 Å². The number of nitro groups is 1. The van der Waals surface area contributed by atoms with Crippen LogP contribution in [-0.2, 0) is 16.6 Å². The molecule has 0 saturated carbocycles. The van der Waals surface area contributed by atoms with Crippen LogP contribution >= 0.6 is 0 Å². The lowest BCUT2D eigenvalue weighted by Crippen LogP contribution is -2.23. The van der Waals surface area contributed by atoms with Crippen LogP contribution in [0.25, 0.3) is 0 Å². The molecule has 10 heteroatoms. The zero-order valence-corrected chi connectivity index (χ0v) is 11.6. The van der Waals surface area contributed by atoms with Gasteiger partial charge in [-0.2, -0.15) is 0 Å². The number of phenolic OH excluding ortho intramolecular Hbond substituents is 1. The van der Waals surface area contributed by atoms with Gasteiger partial charge in [-0.1, -0.05) is 5.16 Å². The van der Waals surface area contributed by atoms with Crippen LogP contribution in [0, 0.1) is 17.0 Å². The number of sulfonamides is 1. The van der Waals surface area contributed by atoms with Crippen molar-refractivity contribution in [3.8, 4) is 5.75 Å². The van der Waals surface area contributed by atoms with Crippen molar-refractivity contribution in [2.45, 2.75) is 18.4 Å². The Kier molecular flexibility index (Phi) is 3.91. The Morgan fingerprint density at radius 3 is 2.71 bits per heavy atom. The van der Waals surface area contributed by atoms with Crippen LogP contribution in [-0.4, -0.2) is 23.6 Å². The standard InChI is InChI=1S/C11H11N3O6S/c1-7-4-8(20-13-7)6-12-21(18,19)9-2-3-11(15)10(5-9)14(16)17/h2-5,12,15H,6H2,1H3. The average Bonchev–Trinajstić information content (AvgIpc) is 2.82. The van der Waals surface area contributed by atoms with Gasteiger partial charge in [-0.15, -0.1) is 0 Å². The molecule has 0 amide bonds. The van der Waals surface area contributed by atoms with Crippen molar-refractivity contribution in [3.63, 3.8) is 0 Å². The number of aryl methyl sites for hydroxylation is 1. The van der Waals surface area contributed by atoms with Gasteiger partial charge in [-0.3, -0.25) is 10.1 Å². The van der Waals surface area contributed by atoms with Crippen molar-refractivity contribution in [2.75, 3.05) is 0 Å². The summed E-state index contributed by atoms with van der Waals surface area (Å²) < 4.78 is 31.1. The van der Waals surface area contributed by atoms with Crippen LogP contribution in [0.2, 0.25) is 0 Å². The summed E-state index contributed by atoms with van der Waals surface area (Å²) in [7, 11) is -3.98. The number of nitrogens with zero attached hydrogens (tertiary/aromatic N) is 2. The van der Waals surface area contributed by atoms with E-state index in [1.807, 2.05) is 0 Å². The van der Waals surface area contributed by atoms with E-state index in [4.69, 9.17) is 4.52 Å². The molecule has 2 aromatic rings. The molecule has 1 aromatic carbocycles. The fraction of sp³-hybridized carbons (Fsp3) is 0.182. The zero-order valence-electron chi connectivity index (χ0n) is 10.8. The average molecular weight is 313 g/mol. The number of phenols is 1. The first-order chi connectivity index (χ1) is 9.79. The molecule has 112 valence electrons. The van der Waals surface area contributed by atoms with Gasteiger partial charge in [0.1, 0.15) is 0 Å². The summed E-state index contributed by atoms with van der Waals surface area (Å²) in [5.74, 6) is -0.297. The molecule has 0 spiro atoms. The second-order valence-corrected chi connectivity index (χ2v) is 5.93. The second kappa shape index (κ2) is 5.50. The number of aromatic nitrogens is 1. The van der Waals surface area contributed by atoms with Gasteiger partial charge < -0.3 is 9.63 Å². The van der Waals surface area contributed by atoms with Crippen molar-refractivity contribution in [1.82, 2.24) is 9.88 Å². The summed E-state index contributed by atoms with van der Waals surface area (Å²) in [6, 6.07) is 4.35. The van der Waals surface area contributed by atoms with E-state index in [2.05, 4.69) is 9.88 Å². The molecule has 0 saturated heterocycles. The predicted octanol–water partition coefficient (Wildman–Crippen LogP) is 1.08. The van der Waals surface area contributed by atoms with Crippen LogP contribution in [0.5, 0.6) is 5.75 Å². The molecule has 21 heavy (non-hydrogen) atoms. The Hall–Kier alpha value is -2.46. The van der Waals surface area contributed by atoms with E-state index >= 15 is 0 Å². The molecule has 1 aromatic heterocycles. The number of nitrogens with one attached hydrogen (secondary N) is 1. The molecule has 0 fully saturated rings. The quantitative estimate of drug-likeness (QED) is 0.622. The zero-order chi connectivity index (χ0) is 15.6. The molecule has 0 aliphatic carbocycles. The Labute approximate surface area is 119 Å². The maximum absolute atomic E-state index is 12.0. The number of rotatable bonds is 5. The summed E-state index contributed by atoms with van der Waals surface area (Å²) in [6.07, 6.45) is 0. The lowest BCUT2D eigenvalue weighted by Gasteiger charge is -2.05. The third kappa shape index (κ3) is 3.35. The fourth-order valence-corrected chi connectivity index (χ4v) is 2.58. The molecule has 0 radical (unpaired) electrons.